The molecular formula is C18H22N2O3. The Bertz CT molecular complexity index is 620. The highest BCUT2D eigenvalue weighted by Crippen LogP contribution is 2.35. The fourth-order valence-corrected chi connectivity index (χ4v) is 3.29. The minimum atomic E-state index is -0.0544. The molecule has 5 heteroatoms. The van der Waals surface area contributed by atoms with Gasteiger partial charge < -0.3 is 14.5 Å². The van der Waals surface area contributed by atoms with Gasteiger partial charge in [0.05, 0.1) is 12.2 Å². The number of fused-ring (bicyclic) bond motifs is 1. The van der Waals surface area contributed by atoms with Crippen molar-refractivity contribution in [3.8, 4) is 5.75 Å². The Morgan fingerprint density at radius 2 is 1.96 bits per heavy atom. The van der Waals surface area contributed by atoms with Gasteiger partial charge in [-0.15, -0.1) is 0 Å². The molecule has 2 aliphatic rings. The SMILES string of the molecule is C=CC(=O)N1CCC(C(=O)N2CC(C)Oc3ccccc32)CC1. The highest BCUT2D eigenvalue weighted by Gasteiger charge is 2.34. The van der Waals surface area contributed by atoms with Crippen LogP contribution in [0.25, 0.3) is 0 Å². The lowest BCUT2D eigenvalue weighted by Crippen LogP contribution is -2.48. The van der Waals surface area contributed by atoms with Crippen LogP contribution in [0.3, 0.4) is 0 Å². The van der Waals surface area contributed by atoms with Crippen molar-refractivity contribution < 1.29 is 14.3 Å². The van der Waals surface area contributed by atoms with Gasteiger partial charge in [-0.25, -0.2) is 0 Å². The summed E-state index contributed by atoms with van der Waals surface area (Å²) in [6.45, 7) is 7.29. The second-order valence-corrected chi connectivity index (χ2v) is 6.15. The Morgan fingerprint density at radius 3 is 2.65 bits per heavy atom. The molecule has 1 fully saturated rings. The number of hydrogen-bond acceptors (Lipinski definition) is 3. The molecule has 0 aromatic heterocycles. The van der Waals surface area contributed by atoms with Crippen molar-refractivity contribution in [2.75, 3.05) is 24.5 Å². The van der Waals surface area contributed by atoms with Gasteiger partial charge in [-0.2, -0.15) is 0 Å². The van der Waals surface area contributed by atoms with Gasteiger partial charge in [0, 0.05) is 19.0 Å². The third-order valence-corrected chi connectivity index (χ3v) is 4.52. The van der Waals surface area contributed by atoms with E-state index in [2.05, 4.69) is 6.58 Å². The van der Waals surface area contributed by atoms with Crippen molar-refractivity contribution in [2.45, 2.75) is 25.9 Å². The van der Waals surface area contributed by atoms with E-state index in [0.717, 1.165) is 11.4 Å². The minimum absolute atomic E-state index is 0.0173. The summed E-state index contributed by atoms with van der Waals surface area (Å²) in [4.78, 5) is 28.2. The zero-order valence-electron chi connectivity index (χ0n) is 13.4. The molecule has 1 saturated heterocycles. The Kier molecular flexibility index (Phi) is 4.37. The summed E-state index contributed by atoms with van der Waals surface area (Å²) >= 11 is 0. The van der Waals surface area contributed by atoms with Gasteiger partial charge in [0.2, 0.25) is 11.8 Å². The first kappa shape index (κ1) is 15.6. The maximum atomic E-state index is 13.0. The van der Waals surface area contributed by atoms with E-state index < -0.39 is 0 Å². The van der Waals surface area contributed by atoms with Crippen LogP contribution in [0.4, 0.5) is 5.69 Å². The van der Waals surface area contributed by atoms with Crippen LogP contribution in [-0.4, -0.2) is 42.5 Å². The van der Waals surface area contributed by atoms with Gasteiger partial charge in [-0.3, -0.25) is 9.59 Å². The summed E-state index contributed by atoms with van der Waals surface area (Å²) in [5.41, 5.74) is 0.847. The Morgan fingerprint density at radius 1 is 1.26 bits per heavy atom. The quantitative estimate of drug-likeness (QED) is 0.787. The molecule has 122 valence electrons. The van der Waals surface area contributed by atoms with E-state index in [-0.39, 0.29) is 23.8 Å². The molecule has 0 bridgehead atoms. The topological polar surface area (TPSA) is 49.9 Å². The molecule has 0 spiro atoms. The van der Waals surface area contributed by atoms with Crippen LogP contribution in [0.2, 0.25) is 0 Å². The molecule has 1 aromatic carbocycles. The van der Waals surface area contributed by atoms with Crippen LogP contribution in [0.15, 0.2) is 36.9 Å². The molecule has 5 nitrogen and oxygen atoms in total. The summed E-state index contributed by atoms with van der Waals surface area (Å²) in [6.07, 6.45) is 2.72. The number of carbonyl (C=O) groups excluding carboxylic acids is 2. The van der Waals surface area contributed by atoms with Gasteiger partial charge in [0.25, 0.3) is 0 Å². The molecule has 2 heterocycles. The molecule has 0 aliphatic carbocycles. The maximum Gasteiger partial charge on any atom is 0.245 e. The molecular weight excluding hydrogens is 292 g/mol. The van der Waals surface area contributed by atoms with Crippen LogP contribution in [0, 0.1) is 5.92 Å². The third-order valence-electron chi connectivity index (χ3n) is 4.52. The van der Waals surface area contributed by atoms with Crippen molar-refractivity contribution in [2.24, 2.45) is 5.92 Å². The highest BCUT2D eigenvalue weighted by atomic mass is 16.5. The van der Waals surface area contributed by atoms with Gasteiger partial charge in [-0.1, -0.05) is 18.7 Å². The van der Waals surface area contributed by atoms with E-state index in [9.17, 15) is 9.59 Å². The fraction of sp³-hybridized carbons (Fsp3) is 0.444. The van der Waals surface area contributed by atoms with Crippen molar-refractivity contribution in [1.82, 2.24) is 4.90 Å². The highest BCUT2D eigenvalue weighted by molar-refractivity contribution is 5.97. The number of amides is 2. The summed E-state index contributed by atoms with van der Waals surface area (Å²) in [5, 5.41) is 0. The monoisotopic (exact) mass is 314 g/mol. The summed E-state index contributed by atoms with van der Waals surface area (Å²) in [7, 11) is 0. The number of benzene rings is 1. The van der Waals surface area contributed by atoms with Crippen molar-refractivity contribution >= 4 is 17.5 Å². The first-order valence-electron chi connectivity index (χ1n) is 8.08. The van der Waals surface area contributed by atoms with E-state index in [4.69, 9.17) is 4.74 Å². The maximum absolute atomic E-state index is 13.0. The van der Waals surface area contributed by atoms with Crippen molar-refractivity contribution in [1.29, 1.82) is 0 Å². The zero-order valence-corrected chi connectivity index (χ0v) is 13.4. The number of anilines is 1. The van der Waals surface area contributed by atoms with Gasteiger partial charge >= 0.3 is 0 Å². The number of hydrogen-bond donors (Lipinski definition) is 0. The number of carbonyl (C=O) groups is 2. The number of likely N-dealkylation sites (tertiary alicyclic amines) is 1. The predicted molar refractivity (Wildman–Crippen MR) is 88.4 cm³/mol. The van der Waals surface area contributed by atoms with Crippen molar-refractivity contribution in [3.63, 3.8) is 0 Å². The number of nitrogens with zero attached hydrogens (tertiary/aromatic N) is 2. The third kappa shape index (κ3) is 3.09. The molecule has 2 amide bonds. The number of piperidine rings is 1. The molecule has 0 N–H and O–H groups in total. The summed E-state index contributed by atoms with van der Waals surface area (Å²) in [5.74, 6) is 0.806. The number of ether oxygens (including phenoxy) is 1. The van der Waals surface area contributed by atoms with Crippen LogP contribution >= 0.6 is 0 Å². The predicted octanol–water partition coefficient (Wildman–Crippen LogP) is 2.23. The first-order valence-corrected chi connectivity index (χ1v) is 8.08. The number of rotatable bonds is 2. The lowest BCUT2D eigenvalue weighted by molar-refractivity contribution is -0.131. The summed E-state index contributed by atoms with van der Waals surface area (Å²) < 4.78 is 5.80. The largest absolute Gasteiger partial charge is 0.487 e. The molecule has 3 rings (SSSR count). The average molecular weight is 314 g/mol. The van der Waals surface area contributed by atoms with Crippen LogP contribution < -0.4 is 9.64 Å². The molecule has 23 heavy (non-hydrogen) atoms. The Balaban J connectivity index is 1.72. The smallest absolute Gasteiger partial charge is 0.245 e. The second kappa shape index (κ2) is 6.44. The van der Waals surface area contributed by atoms with E-state index in [1.807, 2.05) is 36.1 Å². The van der Waals surface area contributed by atoms with Crippen LogP contribution in [0.1, 0.15) is 19.8 Å². The zero-order chi connectivity index (χ0) is 16.4. The van der Waals surface area contributed by atoms with Gasteiger partial charge in [-0.05, 0) is 38.0 Å². The summed E-state index contributed by atoms with van der Waals surface area (Å²) in [6, 6.07) is 7.66. The van der Waals surface area contributed by atoms with E-state index in [1.54, 1.807) is 4.90 Å². The Hall–Kier alpha value is -2.30. The first-order chi connectivity index (χ1) is 11.1. The van der Waals surface area contributed by atoms with Crippen LogP contribution in [0.5, 0.6) is 5.75 Å². The minimum Gasteiger partial charge on any atom is -0.487 e. The lowest BCUT2D eigenvalue weighted by Gasteiger charge is -2.37. The fourth-order valence-electron chi connectivity index (χ4n) is 3.29. The standard InChI is InChI=1S/C18H22N2O3/c1-3-17(21)19-10-8-14(9-11-19)18(22)20-12-13(2)23-16-7-5-4-6-15(16)20/h3-7,13-14H,1,8-12H2,2H3. The number of para-hydroxylation sites is 2. The molecule has 1 unspecified atom stereocenters. The average Bonchev–Trinajstić information content (AvgIpc) is 2.59. The van der Waals surface area contributed by atoms with Gasteiger partial charge in [0.1, 0.15) is 11.9 Å². The Labute approximate surface area is 136 Å². The van der Waals surface area contributed by atoms with Crippen molar-refractivity contribution in [3.05, 3.63) is 36.9 Å². The molecule has 0 radical (unpaired) electrons. The molecule has 2 aliphatic heterocycles. The van der Waals surface area contributed by atoms with Gasteiger partial charge in [0.15, 0.2) is 0 Å². The molecule has 1 atom stereocenters. The lowest BCUT2D eigenvalue weighted by atomic mass is 9.94. The van der Waals surface area contributed by atoms with Crippen LogP contribution in [-0.2, 0) is 9.59 Å². The van der Waals surface area contributed by atoms with E-state index >= 15 is 0 Å². The van der Waals surface area contributed by atoms with E-state index in [1.165, 1.54) is 6.08 Å². The molecule has 0 saturated carbocycles. The van der Waals surface area contributed by atoms with E-state index in [0.29, 0.717) is 32.5 Å². The molecule has 1 aromatic rings. The second-order valence-electron chi connectivity index (χ2n) is 6.15. The normalized spacial score (nSPS) is 21.3.